The van der Waals surface area contributed by atoms with Crippen molar-refractivity contribution in [3.05, 3.63) is 0 Å². The van der Waals surface area contributed by atoms with E-state index in [4.69, 9.17) is 5.84 Å². The van der Waals surface area contributed by atoms with E-state index in [1.807, 2.05) is 0 Å². The Morgan fingerprint density at radius 1 is 1.00 bits per heavy atom. The number of hydrogen-bond acceptors (Lipinski definition) is 2. The predicted octanol–water partition coefficient (Wildman–Crippen LogP) is 4.01. The molecule has 2 nitrogen and oxygen atoms in total. The Balaban J connectivity index is 1.71. The summed E-state index contributed by atoms with van der Waals surface area (Å²) in [5.74, 6) is 8.59. The maximum atomic E-state index is 5.80. The maximum Gasteiger partial charge on any atom is 0.0238 e. The highest BCUT2D eigenvalue weighted by atomic mass is 15.2. The van der Waals surface area contributed by atoms with Crippen LogP contribution in [-0.4, -0.2) is 6.04 Å². The van der Waals surface area contributed by atoms with Crippen LogP contribution < -0.4 is 11.3 Å². The zero-order valence-corrected chi connectivity index (χ0v) is 12.2. The molecular weight excluding hydrogens is 220 g/mol. The van der Waals surface area contributed by atoms with Gasteiger partial charge in [0.15, 0.2) is 0 Å². The third kappa shape index (κ3) is 4.24. The van der Waals surface area contributed by atoms with Gasteiger partial charge >= 0.3 is 0 Å². The van der Waals surface area contributed by atoms with Crippen molar-refractivity contribution < 1.29 is 0 Å². The van der Waals surface area contributed by atoms with Crippen molar-refractivity contribution in [2.45, 2.75) is 83.6 Å². The van der Waals surface area contributed by atoms with Crippen molar-refractivity contribution in [2.24, 2.45) is 23.6 Å². The van der Waals surface area contributed by atoms with Gasteiger partial charge in [0.2, 0.25) is 0 Å². The van der Waals surface area contributed by atoms with Crippen molar-refractivity contribution in [3.8, 4) is 0 Å². The summed E-state index contributed by atoms with van der Waals surface area (Å²) in [5, 5.41) is 0. The Labute approximate surface area is 113 Å². The van der Waals surface area contributed by atoms with E-state index in [1.165, 1.54) is 70.6 Å². The van der Waals surface area contributed by atoms with Crippen LogP contribution in [0.3, 0.4) is 0 Å². The Hall–Kier alpha value is -0.0800. The quantitative estimate of drug-likeness (QED) is 0.573. The molecule has 1 atom stereocenters. The van der Waals surface area contributed by atoms with E-state index >= 15 is 0 Å². The average Bonchev–Trinajstić information content (AvgIpc) is 2.42. The molecule has 0 aromatic heterocycles. The molecule has 1 unspecified atom stereocenters. The maximum absolute atomic E-state index is 5.80. The summed E-state index contributed by atoms with van der Waals surface area (Å²) in [4.78, 5) is 0. The molecule has 0 radical (unpaired) electrons. The van der Waals surface area contributed by atoms with Gasteiger partial charge in [0.1, 0.15) is 0 Å². The smallest absolute Gasteiger partial charge is 0.0238 e. The van der Waals surface area contributed by atoms with Gasteiger partial charge in [-0.2, -0.15) is 0 Å². The highest BCUT2D eigenvalue weighted by molar-refractivity contribution is 4.81. The zero-order chi connectivity index (χ0) is 12.8. The van der Waals surface area contributed by atoms with E-state index < -0.39 is 0 Å². The van der Waals surface area contributed by atoms with Crippen LogP contribution in [0.1, 0.15) is 77.6 Å². The number of nitrogens with one attached hydrogen (secondary N) is 1. The second-order valence-electron chi connectivity index (χ2n) is 6.87. The lowest BCUT2D eigenvalue weighted by atomic mass is 9.77. The molecular formula is C16H32N2. The first-order valence-corrected chi connectivity index (χ1v) is 8.25. The molecule has 0 saturated heterocycles. The molecule has 2 rings (SSSR count). The van der Waals surface area contributed by atoms with Gasteiger partial charge in [-0.1, -0.05) is 51.9 Å². The summed E-state index contributed by atoms with van der Waals surface area (Å²) in [5.41, 5.74) is 3.13. The molecule has 0 bridgehead atoms. The highest BCUT2D eigenvalue weighted by Crippen LogP contribution is 2.33. The molecule has 0 aromatic rings. The Morgan fingerprint density at radius 3 is 2.28 bits per heavy atom. The molecule has 2 aliphatic rings. The first-order valence-electron chi connectivity index (χ1n) is 8.25. The number of rotatable bonds is 5. The Kier molecular flexibility index (Phi) is 5.97. The lowest BCUT2D eigenvalue weighted by molar-refractivity contribution is 0.208. The van der Waals surface area contributed by atoms with Gasteiger partial charge in [-0.05, 0) is 43.4 Å². The summed E-state index contributed by atoms with van der Waals surface area (Å²) in [6.07, 6.45) is 15.6. The van der Waals surface area contributed by atoms with Crippen LogP contribution in [0.15, 0.2) is 0 Å². The number of hydrogen-bond donors (Lipinski definition) is 2. The lowest BCUT2D eigenvalue weighted by Gasteiger charge is -2.33. The monoisotopic (exact) mass is 252 g/mol. The van der Waals surface area contributed by atoms with Gasteiger partial charge < -0.3 is 0 Å². The SMILES string of the molecule is CC1CCC(C(CCC2CCCCC2)NN)CC1. The van der Waals surface area contributed by atoms with Gasteiger partial charge in [-0.25, -0.2) is 0 Å². The van der Waals surface area contributed by atoms with Crippen LogP contribution in [0.5, 0.6) is 0 Å². The van der Waals surface area contributed by atoms with Gasteiger partial charge in [-0.15, -0.1) is 0 Å². The fourth-order valence-electron chi connectivity index (χ4n) is 4.03. The molecule has 2 aliphatic carbocycles. The van der Waals surface area contributed by atoms with Crippen LogP contribution in [-0.2, 0) is 0 Å². The third-order valence-corrected chi connectivity index (χ3v) is 5.45. The van der Waals surface area contributed by atoms with E-state index in [-0.39, 0.29) is 0 Å². The molecule has 0 aromatic carbocycles. The molecule has 18 heavy (non-hydrogen) atoms. The first kappa shape index (κ1) is 14.3. The molecule has 2 fully saturated rings. The van der Waals surface area contributed by atoms with E-state index in [2.05, 4.69) is 12.3 Å². The van der Waals surface area contributed by atoms with E-state index in [9.17, 15) is 0 Å². The largest absolute Gasteiger partial charge is 0.271 e. The molecule has 106 valence electrons. The molecule has 0 heterocycles. The van der Waals surface area contributed by atoms with Crippen molar-refractivity contribution in [1.29, 1.82) is 0 Å². The Morgan fingerprint density at radius 2 is 1.67 bits per heavy atom. The second kappa shape index (κ2) is 7.49. The average molecular weight is 252 g/mol. The minimum Gasteiger partial charge on any atom is -0.271 e. The molecule has 0 amide bonds. The van der Waals surface area contributed by atoms with Gasteiger partial charge in [0.05, 0.1) is 0 Å². The summed E-state index contributed by atoms with van der Waals surface area (Å²) >= 11 is 0. The normalized spacial score (nSPS) is 32.3. The van der Waals surface area contributed by atoms with Gasteiger partial charge in [0, 0.05) is 6.04 Å². The van der Waals surface area contributed by atoms with Gasteiger partial charge in [-0.3, -0.25) is 11.3 Å². The molecule has 0 spiro atoms. The number of hydrazine groups is 1. The summed E-state index contributed by atoms with van der Waals surface area (Å²) in [6, 6.07) is 0.583. The topological polar surface area (TPSA) is 38.0 Å². The number of nitrogens with two attached hydrogens (primary N) is 1. The molecule has 3 N–H and O–H groups in total. The predicted molar refractivity (Wildman–Crippen MR) is 78.0 cm³/mol. The fourth-order valence-corrected chi connectivity index (χ4v) is 4.03. The highest BCUT2D eigenvalue weighted by Gasteiger charge is 2.26. The second-order valence-corrected chi connectivity index (χ2v) is 6.87. The minimum absolute atomic E-state index is 0.583. The van der Waals surface area contributed by atoms with E-state index in [1.54, 1.807) is 0 Å². The molecule has 0 aliphatic heterocycles. The zero-order valence-electron chi connectivity index (χ0n) is 12.2. The van der Waals surface area contributed by atoms with Crippen LogP contribution in [0.4, 0.5) is 0 Å². The fraction of sp³-hybridized carbons (Fsp3) is 1.00. The molecule has 2 saturated carbocycles. The van der Waals surface area contributed by atoms with Crippen LogP contribution >= 0.6 is 0 Å². The van der Waals surface area contributed by atoms with Crippen LogP contribution in [0.25, 0.3) is 0 Å². The Bertz CT molecular complexity index is 215. The summed E-state index contributed by atoms with van der Waals surface area (Å²) < 4.78 is 0. The van der Waals surface area contributed by atoms with Crippen molar-refractivity contribution >= 4 is 0 Å². The van der Waals surface area contributed by atoms with Gasteiger partial charge in [0.25, 0.3) is 0 Å². The summed E-state index contributed by atoms with van der Waals surface area (Å²) in [6.45, 7) is 2.39. The van der Waals surface area contributed by atoms with E-state index in [0.29, 0.717) is 6.04 Å². The minimum atomic E-state index is 0.583. The van der Waals surface area contributed by atoms with Crippen molar-refractivity contribution in [2.75, 3.05) is 0 Å². The standard InChI is InChI=1S/C16H32N2/c1-13-7-10-15(11-8-13)16(18-17)12-9-14-5-3-2-4-6-14/h13-16,18H,2-12,17H2,1H3. The van der Waals surface area contributed by atoms with Crippen LogP contribution in [0.2, 0.25) is 0 Å². The van der Waals surface area contributed by atoms with Crippen molar-refractivity contribution in [1.82, 2.24) is 5.43 Å². The van der Waals surface area contributed by atoms with Crippen molar-refractivity contribution in [3.63, 3.8) is 0 Å². The third-order valence-electron chi connectivity index (χ3n) is 5.45. The molecule has 2 heteroatoms. The van der Waals surface area contributed by atoms with E-state index in [0.717, 1.165) is 17.8 Å². The summed E-state index contributed by atoms with van der Waals surface area (Å²) in [7, 11) is 0. The van der Waals surface area contributed by atoms with Crippen LogP contribution in [0, 0.1) is 17.8 Å². The first-order chi connectivity index (χ1) is 8.79. The lowest BCUT2D eigenvalue weighted by Crippen LogP contribution is -2.42.